The second-order valence-corrected chi connectivity index (χ2v) is 9.39. The van der Waals surface area contributed by atoms with E-state index in [0.29, 0.717) is 0 Å². The van der Waals surface area contributed by atoms with Crippen LogP contribution < -0.4 is 10.1 Å². The van der Waals surface area contributed by atoms with E-state index < -0.39 is 16.0 Å². The summed E-state index contributed by atoms with van der Waals surface area (Å²) in [5, 5.41) is 5.04. The molecule has 2 rings (SSSR count). The van der Waals surface area contributed by atoms with Gasteiger partial charge in [-0.25, -0.2) is 4.98 Å². The Morgan fingerprint density at radius 1 is 1.32 bits per heavy atom. The maximum Gasteiger partial charge on any atom is 0.235 e. The minimum atomic E-state index is -1.32. The highest BCUT2D eigenvalue weighted by molar-refractivity contribution is 7.85. The zero-order chi connectivity index (χ0) is 18.6. The number of aromatic nitrogens is 1. The summed E-state index contributed by atoms with van der Waals surface area (Å²) in [6.45, 7) is 7.40. The van der Waals surface area contributed by atoms with E-state index >= 15 is 0 Å². The molecule has 1 N–H and O–H groups in total. The molecule has 0 spiro atoms. The second-order valence-electron chi connectivity index (χ2n) is 6.78. The standard InChI is InChI=1S/C18H24N2O3S2/c1-12(16(21)20-18(2,3)4)25(22)11-14-10-24-17(19-14)13-6-8-15(23-5)9-7-13/h6-10,12H,11H2,1-5H3,(H,20,21)/t12-,25-/m1/s1. The fourth-order valence-corrected chi connectivity index (χ4v) is 4.02. The number of ether oxygens (including phenoxy) is 1. The van der Waals surface area contributed by atoms with Crippen LogP contribution in [-0.2, 0) is 21.3 Å². The van der Waals surface area contributed by atoms with Crippen molar-refractivity contribution in [2.45, 2.75) is 44.2 Å². The number of carbonyl (C=O) groups excluding carboxylic acids is 1. The van der Waals surface area contributed by atoms with Gasteiger partial charge in [0, 0.05) is 27.3 Å². The Morgan fingerprint density at radius 2 is 1.96 bits per heavy atom. The number of thiazole rings is 1. The minimum Gasteiger partial charge on any atom is -0.497 e. The summed E-state index contributed by atoms with van der Waals surface area (Å²) in [4.78, 5) is 16.7. The van der Waals surface area contributed by atoms with E-state index in [4.69, 9.17) is 4.74 Å². The summed E-state index contributed by atoms with van der Waals surface area (Å²) in [6.07, 6.45) is 0. The lowest BCUT2D eigenvalue weighted by atomic mass is 10.1. The van der Waals surface area contributed by atoms with Crippen LogP contribution in [0.2, 0.25) is 0 Å². The first kappa shape index (κ1) is 19.6. The van der Waals surface area contributed by atoms with Gasteiger partial charge in [0.05, 0.1) is 18.6 Å². The Morgan fingerprint density at radius 3 is 2.52 bits per heavy atom. The normalized spacial score (nSPS) is 14.0. The summed E-state index contributed by atoms with van der Waals surface area (Å²) in [5.74, 6) is 0.863. The number of nitrogens with zero attached hydrogens (tertiary/aromatic N) is 1. The van der Waals surface area contributed by atoms with Crippen LogP contribution in [0, 0.1) is 0 Å². The average Bonchev–Trinajstić information content (AvgIpc) is 3.01. The summed E-state index contributed by atoms with van der Waals surface area (Å²) in [7, 11) is 0.311. The van der Waals surface area contributed by atoms with Crippen molar-refractivity contribution >= 4 is 28.0 Å². The van der Waals surface area contributed by atoms with Gasteiger partial charge in [0.25, 0.3) is 0 Å². The highest BCUT2D eigenvalue weighted by Gasteiger charge is 2.24. The van der Waals surface area contributed by atoms with E-state index in [1.165, 1.54) is 11.3 Å². The molecule has 2 aromatic rings. The molecule has 1 amide bonds. The number of methoxy groups -OCH3 is 1. The molecule has 0 unspecified atom stereocenters. The van der Waals surface area contributed by atoms with Gasteiger partial charge < -0.3 is 10.1 Å². The van der Waals surface area contributed by atoms with E-state index in [2.05, 4.69) is 10.3 Å². The molecule has 136 valence electrons. The fourth-order valence-electron chi connectivity index (χ4n) is 2.10. The zero-order valence-electron chi connectivity index (χ0n) is 15.2. The van der Waals surface area contributed by atoms with Crippen LogP contribution in [0.3, 0.4) is 0 Å². The first-order valence-corrected chi connectivity index (χ1v) is 10.2. The quantitative estimate of drug-likeness (QED) is 0.834. The van der Waals surface area contributed by atoms with E-state index in [1.54, 1.807) is 14.0 Å². The predicted octanol–water partition coefficient (Wildman–Crippen LogP) is 3.37. The first-order valence-electron chi connectivity index (χ1n) is 7.97. The molecule has 5 nitrogen and oxygen atoms in total. The molecular formula is C18H24N2O3S2. The predicted molar refractivity (Wildman–Crippen MR) is 103 cm³/mol. The average molecular weight is 381 g/mol. The van der Waals surface area contributed by atoms with Crippen molar-refractivity contribution in [2.24, 2.45) is 0 Å². The topological polar surface area (TPSA) is 68.3 Å². The van der Waals surface area contributed by atoms with Crippen molar-refractivity contribution in [3.63, 3.8) is 0 Å². The second kappa shape index (κ2) is 8.10. The molecule has 0 saturated carbocycles. The SMILES string of the molecule is COc1ccc(-c2nc(C[S@@](=O)[C@H](C)C(=O)NC(C)(C)C)cs2)cc1. The van der Waals surface area contributed by atoms with Gasteiger partial charge in [-0.3, -0.25) is 9.00 Å². The Bertz CT molecular complexity index is 748. The van der Waals surface area contributed by atoms with Crippen LogP contribution in [0.5, 0.6) is 5.75 Å². The summed E-state index contributed by atoms with van der Waals surface area (Å²) in [5.41, 5.74) is 1.39. The van der Waals surface area contributed by atoms with E-state index in [-0.39, 0.29) is 17.2 Å². The Hall–Kier alpha value is -1.73. The number of nitrogens with one attached hydrogen (secondary N) is 1. The van der Waals surface area contributed by atoms with Gasteiger partial charge in [-0.05, 0) is 52.0 Å². The molecule has 0 aliphatic carbocycles. The fraction of sp³-hybridized carbons (Fsp3) is 0.444. The number of carbonyl (C=O) groups is 1. The van der Waals surface area contributed by atoms with Crippen LogP contribution >= 0.6 is 11.3 Å². The van der Waals surface area contributed by atoms with Crippen molar-refractivity contribution in [2.75, 3.05) is 7.11 Å². The monoisotopic (exact) mass is 380 g/mol. The third kappa shape index (κ3) is 5.64. The molecule has 1 aromatic heterocycles. The highest BCUT2D eigenvalue weighted by atomic mass is 32.2. The van der Waals surface area contributed by atoms with Gasteiger partial charge in [-0.15, -0.1) is 11.3 Å². The summed E-state index contributed by atoms with van der Waals surface area (Å²) >= 11 is 1.50. The lowest BCUT2D eigenvalue weighted by molar-refractivity contribution is -0.121. The smallest absolute Gasteiger partial charge is 0.235 e. The van der Waals surface area contributed by atoms with Crippen molar-refractivity contribution < 1.29 is 13.7 Å². The van der Waals surface area contributed by atoms with Crippen LogP contribution in [0.15, 0.2) is 29.6 Å². The molecule has 0 aliphatic rings. The maximum atomic E-state index is 12.5. The number of hydrogen-bond donors (Lipinski definition) is 1. The zero-order valence-corrected chi connectivity index (χ0v) is 16.8. The summed E-state index contributed by atoms with van der Waals surface area (Å²) in [6, 6.07) is 7.65. The van der Waals surface area contributed by atoms with Gasteiger partial charge in [0.15, 0.2) is 0 Å². The van der Waals surface area contributed by atoms with Gasteiger partial charge in [0.1, 0.15) is 16.0 Å². The molecule has 0 saturated heterocycles. The molecule has 7 heteroatoms. The van der Waals surface area contributed by atoms with Crippen molar-refractivity contribution in [1.29, 1.82) is 0 Å². The first-order chi connectivity index (χ1) is 11.7. The molecule has 0 bridgehead atoms. The third-order valence-corrected chi connectivity index (χ3v) is 5.96. The van der Waals surface area contributed by atoms with Gasteiger partial charge in [-0.1, -0.05) is 0 Å². The Balaban J connectivity index is 2.02. The number of rotatable bonds is 6. The van der Waals surface area contributed by atoms with Crippen LogP contribution in [0.25, 0.3) is 10.6 Å². The molecule has 25 heavy (non-hydrogen) atoms. The van der Waals surface area contributed by atoms with Gasteiger partial charge in [0.2, 0.25) is 5.91 Å². The minimum absolute atomic E-state index is 0.198. The molecule has 1 heterocycles. The van der Waals surface area contributed by atoms with Crippen LogP contribution in [0.1, 0.15) is 33.4 Å². The van der Waals surface area contributed by atoms with Crippen molar-refractivity contribution in [3.8, 4) is 16.3 Å². The molecule has 0 aliphatic heterocycles. The number of benzene rings is 1. The van der Waals surface area contributed by atoms with E-state index in [0.717, 1.165) is 22.0 Å². The molecule has 0 radical (unpaired) electrons. The van der Waals surface area contributed by atoms with Crippen molar-refractivity contribution in [1.82, 2.24) is 10.3 Å². The third-order valence-electron chi connectivity index (χ3n) is 3.44. The van der Waals surface area contributed by atoms with Gasteiger partial charge in [-0.2, -0.15) is 0 Å². The lowest BCUT2D eigenvalue weighted by Gasteiger charge is -2.22. The number of amides is 1. The molecular weight excluding hydrogens is 356 g/mol. The van der Waals surface area contributed by atoms with Crippen LogP contribution in [0.4, 0.5) is 0 Å². The van der Waals surface area contributed by atoms with E-state index in [1.807, 2.05) is 50.4 Å². The molecule has 1 aromatic carbocycles. The van der Waals surface area contributed by atoms with Crippen molar-refractivity contribution in [3.05, 3.63) is 35.3 Å². The van der Waals surface area contributed by atoms with Crippen LogP contribution in [-0.4, -0.2) is 33.0 Å². The highest BCUT2D eigenvalue weighted by Crippen LogP contribution is 2.26. The molecule has 0 fully saturated rings. The lowest BCUT2D eigenvalue weighted by Crippen LogP contribution is -2.46. The largest absolute Gasteiger partial charge is 0.497 e. The number of hydrogen-bond acceptors (Lipinski definition) is 5. The van der Waals surface area contributed by atoms with Gasteiger partial charge >= 0.3 is 0 Å². The maximum absolute atomic E-state index is 12.5. The van der Waals surface area contributed by atoms with E-state index in [9.17, 15) is 9.00 Å². The molecule has 2 atom stereocenters. The Labute approximate surface area is 155 Å². The Kier molecular flexibility index (Phi) is 6.35. The summed E-state index contributed by atoms with van der Waals surface area (Å²) < 4.78 is 17.6.